The predicted molar refractivity (Wildman–Crippen MR) is 80.8 cm³/mol. The molecule has 0 spiro atoms. The van der Waals surface area contributed by atoms with E-state index in [1.54, 1.807) is 0 Å². The standard InChI is InChI=1S/C18H15NO/c20-14-18-7-4-12-19(18)13-15-8-10-17(11-9-15)16-5-2-1-3-6-16/h1-12,14H,13H2. The molecule has 0 aliphatic carbocycles. The second-order valence-electron chi connectivity index (χ2n) is 4.74. The van der Waals surface area contributed by atoms with Crippen LogP contribution in [0.5, 0.6) is 0 Å². The minimum Gasteiger partial charge on any atom is -0.341 e. The zero-order valence-electron chi connectivity index (χ0n) is 11.1. The first-order valence-electron chi connectivity index (χ1n) is 6.61. The highest BCUT2D eigenvalue weighted by Gasteiger charge is 2.01. The summed E-state index contributed by atoms with van der Waals surface area (Å²) in [5, 5.41) is 0. The third-order valence-corrected chi connectivity index (χ3v) is 3.40. The van der Waals surface area contributed by atoms with Gasteiger partial charge in [0.1, 0.15) is 0 Å². The molecular weight excluding hydrogens is 246 g/mol. The summed E-state index contributed by atoms with van der Waals surface area (Å²) in [6.45, 7) is 0.718. The van der Waals surface area contributed by atoms with Crippen LogP contribution in [0.15, 0.2) is 72.9 Å². The minimum absolute atomic E-state index is 0.706. The van der Waals surface area contributed by atoms with Gasteiger partial charge in [0, 0.05) is 12.7 Å². The summed E-state index contributed by atoms with van der Waals surface area (Å²) in [7, 11) is 0. The maximum absolute atomic E-state index is 10.9. The highest BCUT2D eigenvalue weighted by molar-refractivity contribution is 5.72. The molecule has 3 rings (SSSR count). The van der Waals surface area contributed by atoms with Crippen LogP contribution in [0, 0.1) is 0 Å². The lowest BCUT2D eigenvalue weighted by molar-refractivity contribution is 0.111. The van der Waals surface area contributed by atoms with E-state index in [0.29, 0.717) is 5.69 Å². The van der Waals surface area contributed by atoms with Gasteiger partial charge >= 0.3 is 0 Å². The fraction of sp³-hybridized carbons (Fsp3) is 0.0556. The molecule has 20 heavy (non-hydrogen) atoms. The number of hydrogen-bond donors (Lipinski definition) is 0. The van der Waals surface area contributed by atoms with Crippen LogP contribution >= 0.6 is 0 Å². The fourth-order valence-electron chi connectivity index (χ4n) is 2.31. The van der Waals surface area contributed by atoms with Crippen molar-refractivity contribution >= 4 is 6.29 Å². The van der Waals surface area contributed by atoms with Crippen LogP contribution in [0.4, 0.5) is 0 Å². The van der Waals surface area contributed by atoms with Crippen molar-refractivity contribution in [2.24, 2.45) is 0 Å². The van der Waals surface area contributed by atoms with Gasteiger partial charge in [0.25, 0.3) is 0 Å². The number of nitrogens with zero attached hydrogens (tertiary/aromatic N) is 1. The van der Waals surface area contributed by atoms with Gasteiger partial charge < -0.3 is 4.57 Å². The number of carbonyl (C=O) groups is 1. The first kappa shape index (κ1) is 12.4. The van der Waals surface area contributed by atoms with Gasteiger partial charge in [-0.2, -0.15) is 0 Å². The SMILES string of the molecule is O=Cc1cccn1Cc1ccc(-c2ccccc2)cc1. The molecule has 0 fully saturated rings. The van der Waals surface area contributed by atoms with E-state index in [1.807, 2.05) is 41.1 Å². The normalized spacial score (nSPS) is 10.4. The Morgan fingerprint density at radius 3 is 2.20 bits per heavy atom. The molecule has 2 aromatic carbocycles. The first-order chi connectivity index (χ1) is 9.86. The van der Waals surface area contributed by atoms with E-state index < -0.39 is 0 Å². The second-order valence-corrected chi connectivity index (χ2v) is 4.74. The van der Waals surface area contributed by atoms with Crippen LogP contribution in [0.3, 0.4) is 0 Å². The molecule has 98 valence electrons. The Hall–Kier alpha value is -2.61. The molecule has 0 aliphatic rings. The number of benzene rings is 2. The van der Waals surface area contributed by atoms with Crippen LogP contribution in [0.2, 0.25) is 0 Å². The summed E-state index contributed by atoms with van der Waals surface area (Å²) in [5.41, 5.74) is 4.31. The van der Waals surface area contributed by atoms with Gasteiger partial charge in [-0.15, -0.1) is 0 Å². The number of hydrogen-bond acceptors (Lipinski definition) is 1. The van der Waals surface area contributed by atoms with E-state index in [4.69, 9.17) is 0 Å². The zero-order chi connectivity index (χ0) is 13.8. The molecule has 1 heterocycles. The third-order valence-electron chi connectivity index (χ3n) is 3.40. The third kappa shape index (κ3) is 2.54. The van der Waals surface area contributed by atoms with Gasteiger partial charge in [-0.3, -0.25) is 4.79 Å². The Labute approximate surface area is 118 Å². The summed E-state index contributed by atoms with van der Waals surface area (Å²) in [6, 6.07) is 22.5. The summed E-state index contributed by atoms with van der Waals surface area (Å²) >= 11 is 0. The molecule has 0 saturated carbocycles. The Balaban J connectivity index is 1.82. The number of aldehydes is 1. The summed E-state index contributed by atoms with van der Waals surface area (Å²) in [6.07, 6.45) is 2.81. The summed E-state index contributed by atoms with van der Waals surface area (Å²) in [5.74, 6) is 0. The van der Waals surface area contributed by atoms with Gasteiger partial charge in [0.2, 0.25) is 0 Å². The molecule has 0 N–H and O–H groups in total. The topological polar surface area (TPSA) is 22.0 Å². The molecule has 0 bridgehead atoms. The Morgan fingerprint density at radius 2 is 1.50 bits per heavy atom. The van der Waals surface area contributed by atoms with Gasteiger partial charge in [-0.05, 0) is 28.8 Å². The van der Waals surface area contributed by atoms with Crippen molar-refractivity contribution in [1.82, 2.24) is 4.57 Å². The molecule has 0 unspecified atom stereocenters. The molecule has 0 amide bonds. The van der Waals surface area contributed by atoms with Crippen molar-refractivity contribution in [2.45, 2.75) is 6.54 Å². The zero-order valence-corrected chi connectivity index (χ0v) is 11.1. The lowest BCUT2D eigenvalue weighted by Crippen LogP contribution is -2.01. The van der Waals surface area contributed by atoms with Crippen molar-refractivity contribution in [3.8, 4) is 11.1 Å². The van der Waals surface area contributed by atoms with E-state index in [9.17, 15) is 4.79 Å². The van der Waals surface area contributed by atoms with Gasteiger partial charge in [-0.25, -0.2) is 0 Å². The van der Waals surface area contributed by atoms with Crippen LogP contribution < -0.4 is 0 Å². The van der Waals surface area contributed by atoms with Crippen LogP contribution in [0.1, 0.15) is 16.1 Å². The first-order valence-corrected chi connectivity index (χ1v) is 6.61. The van der Waals surface area contributed by atoms with Gasteiger partial charge in [0.05, 0.1) is 5.69 Å². The van der Waals surface area contributed by atoms with Gasteiger partial charge in [0.15, 0.2) is 6.29 Å². The Bertz CT molecular complexity index is 696. The van der Waals surface area contributed by atoms with Crippen molar-refractivity contribution in [2.75, 3.05) is 0 Å². The molecule has 3 aromatic rings. The Kier molecular flexibility index (Phi) is 3.46. The predicted octanol–water partition coefficient (Wildman–Crippen LogP) is 4.02. The maximum Gasteiger partial charge on any atom is 0.166 e. The minimum atomic E-state index is 0.706. The van der Waals surface area contributed by atoms with Crippen molar-refractivity contribution in [3.63, 3.8) is 0 Å². The van der Waals surface area contributed by atoms with Crippen molar-refractivity contribution < 1.29 is 4.79 Å². The second kappa shape index (κ2) is 5.57. The van der Waals surface area contributed by atoms with Crippen molar-refractivity contribution in [3.05, 3.63) is 84.2 Å². The van der Waals surface area contributed by atoms with Crippen LogP contribution in [-0.2, 0) is 6.54 Å². The van der Waals surface area contributed by atoms with E-state index in [2.05, 4.69) is 36.4 Å². The molecule has 0 saturated heterocycles. The highest BCUT2D eigenvalue weighted by Crippen LogP contribution is 2.19. The Morgan fingerprint density at radius 1 is 0.800 bits per heavy atom. The molecule has 0 aliphatic heterocycles. The van der Waals surface area contributed by atoms with Crippen molar-refractivity contribution in [1.29, 1.82) is 0 Å². The molecule has 1 aromatic heterocycles. The van der Waals surface area contributed by atoms with E-state index in [0.717, 1.165) is 12.8 Å². The smallest absolute Gasteiger partial charge is 0.166 e. The lowest BCUT2D eigenvalue weighted by Gasteiger charge is -2.07. The average molecular weight is 261 g/mol. The van der Waals surface area contributed by atoms with E-state index in [1.165, 1.54) is 16.7 Å². The number of carbonyl (C=O) groups excluding carboxylic acids is 1. The largest absolute Gasteiger partial charge is 0.341 e. The molecule has 2 heteroatoms. The fourth-order valence-corrected chi connectivity index (χ4v) is 2.31. The number of aromatic nitrogens is 1. The summed E-state index contributed by atoms with van der Waals surface area (Å²) < 4.78 is 1.95. The molecule has 0 atom stereocenters. The summed E-state index contributed by atoms with van der Waals surface area (Å²) in [4.78, 5) is 10.9. The van der Waals surface area contributed by atoms with Crippen LogP contribution in [0.25, 0.3) is 11.1 Å². The average Bonchev–Trinajstić information content (AvgIpc) is 2.96. The monoisotopic (exact) mass is 261 g/mol. The molecule has 2 nitrogen and oxygen atoms in total. The quantitative estimate of drug-likeness (QED) is 0.650. The highest BCUT2D eigenvalue weighted by atomic mass is 16.1. The van der Waals surface area contributed by atoms with Gasteiger partial charge in [-0.1, -0.05) is 54.6 Å². The molecule has 0 radical (unpaired) electrons. The van der Waals surface area contributed by atoms with E-state index in [-0.39, 0.29) is 0 Å². The number of rotatable bonds is 4. The maximum atomic E-state index is 10.9. The van der Waals surface area contributed by atoms with E-state index >= 15 is 0 Å². The van der Waals surface area contributed by atoms with Crippen LogP contribution in [-0.4, -0.2) is 10.9 Å². The molecular formula is C18H15NO. The lowest BCUT2D eigenvalue weighted by atomic mass is 10.0.